The monoisotopic (exact) mass is 693 g/mol. The molecule has 1 N–H and O–H groups in total. The fraction of sp³-hybridized carbons (Fsp3) is 0.486. The van der Waals surface area contributed by atoms with Gasteiger partial charge in [-0.15, -0.1) is 0 Å². The van der Waals surface area contributed by atoms with Crippen LogP contribution < -0.4 is 5.69 Å². The number of aromatic nitrogens is 3. The van der Waals surface area contributed by atoms with Crippen LogP contribution in [0.1, 0.15) is 37.3 Å². The van der Waals surface area contributed by atoms with Crippen molar-refractivity contribution in [2.75, 3.05) is 59.4 Å². The smallest absolute Gasteiger partial charge is 0.410 e. The molecule has 48 heavy (non-hydrogen) atoms. The van der Waals surface area contributed by atoms with Gasteiger partial charge in [-0.2, -0.15) is 0 Å². The van der Waals surface area contributed by atoms with Crippen molar-refractivity contribution in [2.45, 2.75) is 50.3 Å². The minimum absolute atomic E-state index is 0.103. The number of carbonyl (C=O) groups is 2. The van der Waals surface area contributed by atoms with E-state index in [1.807, 2.05) is 35.2 Å². The molecule has 4 aromatic rings. The summed E-state index contributed by atoms with van der Waals surface area (Å²) in [5, 5.41) is 1.71. The van der Waals surface area contributed by atoms with E-state index in [1.165, 1.54) is 0 Å². The molecule has 11 nitrogen and oxygen atoms in total. The van der Waals surface area contributed by atoms with Gasteiger partial charge >= 0.3 is 11.8 Å². The highest BCUT2D eigenvalue weighted by Crippen LogP contribution is 2.29. The van der Waals surface area contributed by atoms with E-state index in [9.17, 15) is 14.4 Å². The van der Waals surface area contributed by atoms with Crippen LogP contribution in [0.5, 0.6) is 0 Å². The van der Waals surface area contributed by atoms with E-state index in [2.05, 4.69) is 26.8 Å². The van der Waals surface area contributed by atoms with Crippen LogP contribution in [0, 0.1) is 0 Å². The van der Waals surface area contributed by atoms with E-state index in [1.54, 1.807) is 27.8 Å². The lowest BCUT2D eigenvalue weighted by Gasteiger charge is -2.42. The molecule has 0 aliphatic carbocycles. The van der Waals surface area contributed by atoms with Gasteiger partial charge in [-0.1, -0.05) is 47.5 Å². The molecule has 0 unspecified atom stereocenters. The number of para-hydroxylation sites is 1. The average molecular weight is 695 g/mol. The molecule has 2 amide bonds. The maximum atomic E-state index is 14.0. The zero-order chi connectivity index (χ0) is 33.4. The van der Waals surface area contributed by atoms with E-state index < -0.39 is 12.2 Å². The summed E-state index contributed by atoms with van der Waals surface area (Å²) in [5.74, 6) is -0.189. The number of likely N-dealkylation sites (N-methyl/N-ethyl adjacent to an activating group) is 1. The first kappa shape index (κ1) is 32.9. The third-order valence-electron chi connectivity index (χ3n) is 10.3. The normalized spacial score (nSPS) is 19.6. The molecule has 0 radical (unpaired) electrons. The Morgan fingerprint density at radius 1 is 0.896 bits per heavy atom. The summed E-state index contributed by atoms with van der Waals surface area (Å²) in [5.41, 5.74) is 2.92. The molecule has 7 rings (SSSR count). The number of imidazole rings is 1. The predicted octanol–water partition coefficient (Wildman–Crippen LogP) is 4.81. The first-order valence-corrected chi connectivity index (χ1v) is 17.6. The number of piperidine rings is 2. The van der Waals surface area contributed by atoms with Crippen LogP contribution in [0.3, 0.4) is 0 Å². The van der Waals surface area contributed by atoms with Crippen molar-refractivity contribution in [1.29, 1.82) is 0 Å². The summed E-state index contributed by atoms with van der Waals surface area (Å²) in [6, 6.07) is 13.3. The first-order chi connectivity index (χ1) is 23.2. The molecular formula is C35H41Cl2N7O4. The van der Waals surface area contributed by atoms with Gasteiger partial charge in [0.25, 0.3) is 5.91 Å². The topological polar surface area (TPSA) is 107 Å². The van der Waals surface area contributed by atoms with E-state index >= 15 is 0 Å². The SMILES string of the molecule is CN1CCN(C2CCN(C(=O)[C@@H](Cc3ccc(Cl)c(Cl)c3)OC(=O)N3CCC(n4c(=O)[nH]c5c6ccccc6ncc54)CC3)CC2)CC1. The number of hydrogen-bond donors (Lipinski definition) is 1. The van der Waals surface area contributed by atoms with Crippen molar-refractivity contribution in [3.05, 3.63) is 74.8 Å². The summed E-state index contributed by atoms with van der Waals surface area (Å²) < 4.78 is 7.78. The molecule has 254 valence electrons. The van der Waals surface area contributed by atoms with Gasteiger partial charge < -0.3 is 24.4 Å². The van der Waals surface area contributed by atoms with Gasteiger partial charge in [0.2, 0.25) is 0 Å². The number of ether oxygens (including phenoxy) is 1. The van der Waals surface area contributed by atoms with Crippen molar-refractivity contribution in [3.8, 4) is 0 Å². The predicted molar refractivity (Wildman–Crippen MR) is 187 cm³/mol. The molecular weight excluding hydrogens is 653 g/mol. The van der Waals surface area contributed by atoms with Gasteiger partial charge in [0.05, 0.1) is 32.8 Å². The first-order valence-electron chi connectivity index (χ1n) is 16.8. The van der Waals surface area contributed by atoms with Crippen LogP contribution in [0.4, 0.5) is 4.79 Å². The number of hydrogen-bond acceptors (Lipinski definition) is 7. The number of nitrogens with zero attached hydrogens (tertiary/aromatic N) is 6. The second kappa shape index (κ2) is 14.1. The zero-order valence-electron chi connectivity index (χ0n) is 27.1. The number of carbonyl (C=O) groups excluding carboxylic acids is 2. The molecule has 3 aliphatic heterocycles. The number of rotatable bonds is 6. The third kappa shape index (κ3) is 6.78. The Morgan fingerprint density at radius 3 is 2.31 bits per heavy atom. The summed E-state index contributed by atoms with van der Waals surface area (Å²) >= 11 is 12.5. The Kier molecular flexibility index (Phi) is 9.64. The van der Waals surface area contributed by atoms with Crippen molar-refractivity contribution < 1.29 is 14.3 Å². The number of H-pyrrole nitrogens is 1. The van der Waals surface area contributed by atoms with E-state index in [0.29, 0.717) is 55.1 Å². The van der Waals surface area contributed by atoms with Gasteiger partial charge in [0, 0.05) is 76.2 Å². The fourth-order valence-electron chi connectivity index (χ4n) is 7.49. The number of likely N-dealkylation sites (tertiary alicyclic amines) is 2. The van der Waals surface area contributed by atoms with Crippen LogP contribution in [0.25, 0.3) is 21.9 Å². The highest BCUT2D eigenvalue weighted by molar-refractivity contribution is 6.42. The lowest BCUT2D eigenvalue weighted by molar-refractivity contribution is -0.142. The second-order valence-electron chi connectivity index (χ2n) is 13.3. The average Bonchev–Trinajstić information content (AvgIpc) is 3.46. The summed E-state index contributed by atoms with van der Waals surface area (Å²) in [6.07, 6.45) is 3.34. The van der Waals surface area contributed by atoms with Crippen molar-refractivity contribution in [2.24, 2.45) is 0 Å². The minimum atomic E-state index is -0.997. The van der Waals surface area contributed by atoms with Gasteiger partial charge in [-0.05, 0) is 56.5 Å². The number of nitrogens with one attached hydrogen (secondary N) is 1. The third-order valence-corrected chi connectivity index (χ3v) is 11.0. The van der Waals surface area contributed by atoms with Crippen LogP contribution in [0.15, 0.2) is 53.5 Å². The minimum Gasteiger partial charge on any atom is -0.436 e. The number of pyridine rings is 1. The van der Waals surface area contributed by atoms with Gasteiger partial charge in [0.1, 0.15) is 0 Å². The molecule has 5 heterocycles. The van der Waals surface area contributed by atoms with Crippen molar-refractivity contribution >= 4 is 57.1 Å². The van der Waals surface area contributed by atoms with E-state index in [4.69, 9.17) is 27.9 Å². The molecule has 0 bridgehead atoms. The number of benzene rings is 2. The molecule has 1 atom stereocenters. The van der Waals surface area contributed by atoms with Gasteiger partial charge in [0.15, 0.2) is 6.10 Å². The van der Waals surface area contributed by atoms with Crippen molar-refractivity contribution in [1.82, 2.24) is 34.1 Å². The molecule has 3 aliphatic rings. The molecule has 2 aromatic carbocycles. The maximum Gasteiger partial charge on any atom is 0.410 e. The number of amides is 2. The fourth-order valence-corrected chi connectivity index (χ4v) is 7.81. The number of piperazine rings is 1. The second-order valence-corrected chi connectivity index (χ2v) is 14.1. The molecule has 3 saturated heterocycles. The Morgan fingerprint density at radius 2 is 1.58 bits per heavy atom. The maximum absolute atomic E-state index is 14.0. The Bertz CT molecular complexity index is 1850. The van der Waals surface area contributed by atoms with Gasteiger partial charge in [-0.25, -0.2) is 9.59 Å². The highest BCUT2D eigenvalue weighted by atomic mass is 35.5. The van der Waals surface area contributed by atoms with Crippen LogP contribution in [-0.4, -0.2) is 118 Å². The van der Waals surface area contributed by atoms with Crippen molar-refractivity contribution in [3.63, 3.8) is 0 Å². The molecule has 13 heteroatoms. The zero-order valence-corrected chi connectivity index (χ0v) is 28.6. The molecule has 3 fully saturated rings. The quantitative estimate of drug-likeness (QED) is 0.309. The summed E-state index contributed by atoms with van der Waals surface area (Å²) in [6.45, 7) is 6.26. The van der Waals surface area contributed by atoms with E-state index in [0.717, 1.165) is 66.5 Å². The Hall–Kier alpha value is -3.64. The standard InChI is InChI=1S/C35H41Cl2N7O4/c1-40-16-18-41(19-17-40)24-8-12-42(13-9-24)33(45)31(21-23-6-7-27(36)28(37)20-23)48-35(47)43-14-10-25(11-15-43)44-30-22-38-29-5-3-2-4-26(29)32(30)39-34(44)46/h2-7,20,22,24-25,31H,8-19,21H2,1H3,(H,39,46)/t31-/m1/s1. The van der Waals surface area contributed by atoms with Crippen LogP contribution in [-0.2, 0) is 16.0 Å². The van der Waals surface area contributed by atoms with E-state index in [-0.39, 0.29) is 24.1 Å². The summed E-state index contributed by atoms with van der Waals surface area (Å²) in [7, 11) is 2.15. The number of aromatic amines is 1. The Balaban J connectivity index is 1.02. The number of halogens is 2. The van der Waals surface area contributed by atoms with Crippen LogP contribution >= 0.6 is 23.2 Å². The lowest BCUT2D eigenvalue weighted by atomic mass is 10.0. The van der Waals surface area contributed by atoms with Crippen LogP contribution in [0.2, 0.25) is 10.0 Å². The largest absolute Gasteiger partial charge is 0.436 e. The van der Waals surface area contributed by atoms with Gasteiger partial charge in [-0.3, -0.25) is 19.2 Å². The molecule has 0 saturated carbocycles. The molecule has 0 spiro atoms. The molecule has 2 aromatic heterocycles. The lowest BCUT2D eigenvalue weighted by Crippen LogP contribution is -2.54. The highest BCUT2D eigenvalue weighted by Gasteiger charge is 2.35. The Labute approximate surface area is 289 Å². The number of fused-ring (bicyclic) bond motifs is 3. The summed E-state index contributed by atoms with van der Waals surface area (Å²) in [4.78, 5) is 56.6.